The van der Waals surface area contributed by atoms with Crippen molar-refractivity contribution in [1.29, 1.82) is 0 Å². The average Bonchev–Trinajstić information content (AvgIpc) is 3.13. The smallest absolute Gasteiger partial charge is 0.410 e. The molecule has 1 heterocycles. The summed E-state index contributed by atoms with van der Waals surface area (Å²) in [6.45, 7) is 12.4. The van der Waals surface area contributed by atoms with Crippen molar-refractivity contribution in [3.05, 3.63) is 106 Å². The first-order valence-corrected chi connectivity index (χ1v) is 18.7. The monoisotopic (exact) mass is 748 g/mol. The fourth-order valence-electron chi connectivity index (χ4n) is 6.89. The topological polar surface area (TPSA) is 145 Å². The summed E-state index contributed by atoms with van der Waals surface area (Å²) >= 11 is 0. The lowest BCUT2D eigenvalue weighted by atomic mass is 9.83. The zero-order valence-corrected chi connectivity index (χ0v) is 33.0. The van der Waals surface area contributed by atoms with Crippen molar-refractivity contribution in [2.45, 2.75) is 110 Å². The number of aryl methyl sites for hydroxylation is 1. The van der Waals surface area contributed by atoms with Gasteiger partial charge in [0.1, 0.15) is 23.7 Å². The molecule has 3 aromatic carbocycles. The maximum Gasteiger partial charge on any atom is 0.410 e. The molecule has 11 nitrogen and oxygen atoms in total. The lowest BCUT2D eigenvalue weighted by Gasteiger charge is -2.42. The van der Waals surface area contributed by atoms with E-state index in [1.807, 2.05) is 57.2 Å². The van der Waals surface area contributed by atoms with Crippen LogP contribution in [0.2, 0.25) is 0 Å². The highest BCUT2D eigenvalue weighted by Crippen LogP contribution is 2.32. The van der Waals surface area contributed by atoms with Gasteiger partial charge in [-0.2, -0.15) is 0 Å². The summed E-state index contributed by atoms with van der Waals surface area (Å²) in [6.07, 6.45) is 2.24. The third-order valence-electron chi connectivity index (χ3n) is 10.1. The number of rotatable bonds is 7. The second-order valence-corrected chi connectivity index (χ2v) is 16.5. The van der Waals surface area contributed by atoms with Crippen LogP contribution in [0.5, 0.6) is 0 Å². The minimum Gasteiger partial charge on any atom is -0.478 e. The number of hydrogen-bond donors (Lipinski definition) is 3. The average molecular weight is 749 g/mol. The first-order chi connectivity index (χ1) is 25.8. The summed E-state index contributed by atoms with van der Waals surface area (Å²) in [7, 11) is 1.48. The molecule has 11 heteroatoms. The van der Waals surface area contributed by atoms with Crippen molar-refractivity contribution in [2.24, 2.45) is 5.41 Å². The number of carbonyl (C=O) groups excluding carboxylic acids is 4. The van der Waals surface area contributed by atoms with Gasteiger partial charge >= 0.3 is 12.1 Å². The fraction of sp³-hybridized carbons (Fsp3) is 0.432. The minimum absolute atomic E-state index is 0.103. The number of ether oxygens (including phenoxy) is 1. The van der Waals surface area contributed by atoms with Gasteiger partial charge in [0.2, 0.25) is 17.7 Å². The van der Waals surface area contributed by atoms with Crippen LogP contribution in [0.3, 0.4) is 0 Å². The molecule has 3 N–H and O–H groups in total. The number of nitrogens with zero attached hydrogens (tertiary/aromatic N) is 2. The van der Waals surface area contributed by atoms with Gasteiger partial charge < -0.3 is 25.4 Å². The van der Waals surface area contributed by atoms with Crippen LogP contribution in [0.1, 0.15) is 111 Å². The van der Waals surface area contributed by atoms with Crippen molar-refractivity contribution in [3.8, 4) is 11.8 Å². The number of carbonyl (C=O) groups is 5. The molecule has 0 radical (unpaired) electrons. The summed E-state index contributed by atoms with van der Waals surface area (Å²) in [5.74, 6) is 3.98. The highest BCUT2D eigenvalue weighted by atomic mass is 16.6. The molecular formula is C44H52N4O7. The van der Waals surface area contributed by atoms with Crippen LogP contribution >= 0.6 is 0 Å². The van der Waals surface area contributed by atoms with Gasteiger partial charge in [-0.25, -0.2) is 9.59 Å². The molecule has 290 valence electrons. The van der Waals surface area contributed by atoms with Crippen molar-refractivity contribution in [2.75, 3.05) is 7.05 Å². The Morgan fingerprint density at radius 2 is 1.55 bits per heavy atom. The molecule has 0 saturated heterocycles. The van der Waals surface area contributed by atoms with E-state index in [2.05, 4.69) is 28.5 Å². The standard InChI is InChI=1S/C44H52N4O7/c1-27(47(8)42(54)55-44(5,6)7)38(49)46-37(43(2,3)4)40(51)48-26-33-24-29(17-16-28-18-21-31(22-19-28)41(52)53)20-23-32(33)25-36(48)39(50)45-35-15-11-13-30-12-9-10-14-34(30)35/h9-10,12,14,18-24,27,35-37H,11,13,15,25-26H2,1-8H3,(H,45,50)(H,46,49)(H,52,53)/t27-,35?,36?,37?/m0/s1. The van der Waals surface area contributed by atoms with E-state index < -0.39 is 53.0 Å². The molecule has 0 saturated carbocycles. The highest BCUT2D eigenvalue weighted by Gasteiger charge is 2.43. The third kappa shape index (κ3) is 9.92. The molecule has 55 heavy (non-hydrogen) atoms. The van der Waals surface area contributed by atoms with Gasteiger partial charge in [0, 0.05) is 31.1 Å². The summed E-state index contributed by atoms with van der Waals surface area (Å²) in [5.41, 5.74) is 4.00. The lowest BCUT2D eigenvalue weighted by molar-refractivity contribution is -0.147. The van der Waals surface area contributed by atoms with E-state index in [4.69, 9.17) is 4.74 Å². The molecule has 5 rings (SSSR count). The summed E-state index contributed by atoms with van der Waals surface area (Å²) < 4.78 is 5.47. The van der Waals surface area contributed by atoms with Crippen LogP contribution < -0.4 is 10.6 Å². The maximum atomic E-state index is 14.8. The molecule has 0 fully saturated rings. The summed E-state index contributed by atoms with van der Waals surface area (Å²) in [6, 6.07) is 17.1. The lowest BCUT2D eigenvalue weighted by Crippen LogP contribution is -2.62. The predicted molar refractivity (Wildman–Crippen MR) is 209 cm³/mol. The Bertz CT molecular complexity index is 2020. The zero-order valence-electron chi connectivity index (χ0n) is 33.0. The zero-order chi connectivity index (χ0) is 40.2. The Hall–Kier alpha value is -5.63. The first-order valence-electron chi connectivity index (χ1n) is 18.7. The van der Waals surface area contributed by atoms with E-state index in [1.165, 1.54) is 29.6 Å². The number of nitrogens with one attached hydrogen (secondary N) is 2. The van der Waals surface area contributed by atoms with Crippen LogP contribution in [-0.4, -0.2) is 75.5 Å². The Labute approximate surface area is 323 Å². The Morgan fingerprint density at radius 1 is 0.891 bits per heavy atom. The van der Waals surface area contributed by atoms with E-state index in [0.29, 0.717) is 11.1 Å². The highest BCUT2D eigenvalue weighted by molar-refractivity contribution is 5.95. The van der Waals surface area contributed by atoms with Gasteiger partial charge in [-0.05, 0) is 111 Å². The quantitative estimate of drug-likeness (QED) is 0.251. The predicted octanol–water partition coefficient (Wildman–Crippen LogP) is 6.02. The molecule has 4 amide bonds. The largest absolute Gasteiger partial charge is 0.478 e. The van der Waals surface area contributed by atoms with Crippen molar-refractivity contribution < 1.29 is 33.8 Å². The minimum atomic E-state index is -1.04. The Morgan fingerprint density at radius 3 is 2.20 bits per heavy atom. The molecule has 0 bridgehead atoms. The van der Waals surface area contributed by atoms with Crippen molar-refractivity contribution in [1.82, 2.24) is 20.4 Å². The fourth-order valence-corrected chi connectivity index (χ4v) is 6.89. The van der Waals surface area contributed by atoms with E-state index in [-0.39, 0.29) is 30.5 Å². The number of amides is 4. The van der Waals surface area contributed by atoms with Gasteiger partial charge in [-0.1, -0.05) is 62.9 Å². The SMILES string of the molecule is C[C@@H](C(=O)NC(C(=O)N1Cc2cc(C#Cc3ccc(C(=O)O)cc3)ccc2CC1C(=O)NC1CCCc2ccccc21)C(C)(C)C)N(C)C(=O)OC(C)(C)C. The molecule has 0 spiro atoms. The van der Waals surface area contributed by atoms with E-state index in [9.17, 15) is 29.1 Å². The molecule has 2 aliphatic rings. The normalized spacial score (nSPS) is 17.6. The van der Waals surface area contributed by atoms with E-state index >= 15 is 0 Å². The van der Waals surface area contributed by atoms with Crippen molar-refractivity contribution in [3.63, 3.8) is 0 Å². The number of hydrogen-bond acceptors (Lipinski definition) is 6. The Kier molecular flexibility index (Phi) is 12.1. The molecule has 4 atom stereocenters. The van der Waals surface area contributed by atoms with Gasteiger partial charge in [-0.15, -0.1) is 0 Å². The Balaban J connectivity index is 1.45. The number of benzene rings is 3. The number of aromatic carboxylic acids is 1. The number of carboxylic acids is 1. The van der Waals surface area contributed by atoms with Gasteiger partial charge in [0.25, 0.3) is 0 Å². The molecule has 1 aliphatic heterocycles. The van der Waals surface area contributed by atoms with Gasteiger partial charge in [0.05, 0.1) is 11.6 Å². The number of fused-ring (bicyclic) bond motifs is 2. The molecular weight excluding hydrogens is 697 g/mol. The summed E-state index contributed by atoms with van der Waals surface area (Å²) in [5, 5.41) is 15.4. The van der Waals surface area contributed by atoms with Gasteiger partial charge in [-0.3, -0.25) is 19.3 Å². The van der Waals surface area contributed by atoms with Crippen LogP contribution in [0.4, 0.5) is 4.79 Å². The second-order valence-electron chi connectivity index (χ2n) is 16.5. The van der Waals surface area contributed by atoms with Crippen LogP contribution in [0, 0.1) is 17.3 Å². The molecule has 3 unspecified atom stereocenters. The third-order valence-corrected chi connectivity index (χ3v) is 10.1. The summed E-state index contributed by atoms with van der Waals surface area (Å²) in [4.78, 5) is 69.8. The van der Waals surface area contributed by atoms with Gasteiger partial charge in [0.15, 0.2) is 0 Å². The maximum absolute atomic E-state index is 14.8. The number of carboxylic acid groups (broad SMARTS) is 1. The molecule has 3 aromatic rings. The van der Waals surface area contributed by atoms with Crippen LogP contribution in [0.15, 0.2) is 66.7 Å². The first kappa shape index (κ1) is 40.6. The molecule has 0 aromatic heterocycles. The van der Waals surface area contributed by atoms with E-state index in [1.54, 1.807) is 44.7 Å². The van der Waals surface area contributed by atoms with Crippen LogP contribution in [0.25, 0.3) is 0 Å². The second kappa shape index (κ2) is 16.4. The van der Waals surface area contributed by atoms with Crippen LogP contribution in [-0.2, 0) is 38.5 Å². The van der Waals surface area contributed by atoms with E-state index in [0.717, 1.165) is 36.0 Å². The molecule has 1 aliphatic carbocycles. The van der Waals surface area contributed by atoms with Crippen molar-refractivity contribution >= 4 is 29.8 Å². The number of likely N-dealkylation sites (N-methyl/N-ethyl adjacent to an activating group) is 1.